The predicted molar refractivity (Wildman–Crippen MR) is 129 cm³/mol. The van der Waals surface area contributed by atoms with Crippen LogP contribution in [-0.4, -0.2) is 33.1 Å². The van der Waals surface area contributed by atoms with Crippen molar-refractivity contribution >= 4 is 0 Å². The zero-order chi connectivity index (χ0) is 23.0. The maximum Gasteiger partial charge on any atom is 0.0837 e. The van der Waals surface area contributed by atoms with Crippen LogP contribution in [0.2, 0.25) is 0 Å². The lowest BCUT2D eigenvalue weighted by Gasteiger charge is -2.44. The van der Waals surface area contributed by atoms with Crippen LogP contribution >= 0.6 is 0 Å². The lowest BCUT2D eigenvalue weighted by molar-refractivity contribution is 0.0283. The van der Waals surface area contributed by atoms with Crippen molar-refractivity contribution in [2.75, 3.05) is 0 Å². The summed E-state index contributed by atoms with van der Waals surface area (Å²) in [6.45, 7) is 14.8. The molecule has 3 rings (SSSR count). The van der Waals surface area contributed by atoms with Gasteiger partial charge in [0.15, 0.2) is 0 Å². The molecule has 0 bridgehead atoms. The number of aliphatic hydroxyl groups is 3. The molecule has 3 nitrogen and oxygen atoms in total. The summed E-state index contributed by atoms with van der Waals surface area (Å²) in [5.41, 5.74) is 3.15. The summed E-state index contributed by atoms with van der Waals surface area (Å²) in [4.78, 5) is 0. The molecule has 3 aliphatic rings. The van der Waals surface area contributed by atoms with Crippen LogP contribution in [0.1, 0.15) is 92.4 Å². The molecule has 31 heavy (non-hydrogen) atoms. The smallest absolute Gasteiger partial charge is 0.0837 e. The van der Waals surface area contributed by atoms with Crippen molar-refractivity contribution in [2.45, 2.75) is 110 Å². The van der Waals surface area contributed by atoms with Crippen molar-refractivity contribution in [3.8, 4) is 0 Å². The number of fused-ring (bicyclic) bond motifs is 1. The van der Waals surface area contributed by atoms with Crippen molar-refractivity contribution in [2.24, 2.45) is 29.1 Å². The normalized spacial score (nSPS) is 40.4. The first-order chi connectivity index (χ1) is 14.4. The molecule has 1 unspecified atom stereocenters. The van der Waals surface area contributed by atoms with Gasteiger partial charge in [-0.05, 0) is 93.1 Å². The Morgan fingerprint density at radius 3 is 2.61 bits per heavy atom. The van der Waals surface area contributed by atoms with Crippen LogP contribution in [0.3, 0.4) is 0 Å². The molecule has 0 saturated heterocycles. The second-order valence-electron chi connectivity index (χ2n) is 11.8. The van der Waals surface area contributed by atoms with Gasteiger partial charge in [0, 0.05) is 5.92 Å². The summed E-state index contributed by atoms with van der Waals surface area (Å²) >= 11 is 0. The molecule has 3 saturated carbocycles. The molecule has 3 aliphatic carbocycles. The van der Waals surface area contributed by atoms with E-state index in [0.717, 1.165) is 36.3 Å². The molecule has 0 radical (unpaired) electrons. The van der Waals surface area contributed by atoms with E-state index in [1.165, 1.54) is 32.1 Å². The van der Waals surface area contributed by atoms with E-state index >= 15 is 0 Å². The van der Waals surface area contributed by atoms with Crippen LogP contribution in [0, 0.1) is 29.1 Å². The molecule has 0 aliphatic heterocycles. The predicted octanol–water partition coefficient (Wildman–Crippen LogP) is 5.95. The first kappa shape index (κ1) is 24.7. The van der Waals surface area contributed by atoms with E-state index in [-0.39, 0.29) is 5.92 Å². The number of hydrogen-bond donors (Lipinski definition) is 3. The molecule has 0 heterocycles. The molecule has 3 heteroatoms. The fraction of sp³-hybridized carbons (Fsp3) is 0.786. The van der Waals surface area contributed by atoms with Crippen LogP contribution in [0.25, 0.3) is 0 Å². The average molecular weight is 431 g/mol. The number of aliphatic hydroxyl groups excluding tert-OH is 2. The van der Waals surface area contributed by atoms with Crippen molar-refractivity contribution in [1.82, 2.24) is 0 Å². The zero-order valence-corrected chi connectivity index (χ0v) is 20.5. The topological polar surface area (TPSA) is 60.7 Å². The van der Waals surface area contributed by atoms with Gasteiger partial charge in [0.05, 0.1) is 17.8 Å². The monoisotopic (exact) mass is 430 g/mol. The van der Waals surface area contributed by atoms with Crippen LogP contribution in [0.15, 0.2) is 35.5 Å². The molecule has 7 atom stereocenters. The molecule has 0 amide bonds. The Bertz CT molecular complexity index is 712. The third-order valence-corrected chi connectivity index (χ3v) is 8.97. The highest BCUT2D eigenvalue weighted by molar-refractivity contribution is 5.39. The maximum absolute atomic E-state index is 10.4. The quantitative estimate of drug-likeness (QED) is 0.488. The van der Waals surface area contributed by atoms with Gasteiger partial charge >= 0.3 is 0 Å². The Labute approximate surface area is 190 Å². The number of allylic oxidation sites excluding steroid dienone is 3. The second-order valence-corrected chi connectivity index (χ2v) is 11.8. The summed E-state index contributed by atoms with van der Waals surface area (Å²) < 4.78 is 0. The van der Waals surface area contributed by atoms with E-state index in [4.69, 9.17) is 0 Å². The Kier molecular flexibility index (Phi) is 7.61. The lowest BCUT2D eigenvalue weighted by atomic mass is 9.60. The van der Waals surface area contributed by atoms with E-state index < -0.39 is 17.8 Å². The Morgan fingerprint density at radius 1 is 1.23 bits per heavy atom. The first-order valence-corrected chi connectivity index (χ1v) is 12.6. The molecule has 0 aromatic rings. The van der Waals surface area contributed by atoms with Gasteiger partial charge in [-0.2, -0.15) is 0 Å². The minimum Gasteiger partial charge on any atom is -0.392 e. The van der Waals surface area contributed by atoms with Gasteiger partial charge in [-0.3, -0.25) is 0 Å². The third kappa shape index (κ3) is 5.37. The van der Waals surface area contributed by atoms with Crippen molar-refractivity contribution < 1.29 is 15.3 Å². The first-order valence-electron chi connectivity index (χ1n) is 12.6. The van der Waals surface area contributed by atoms with E-state index in [1.54, 1.807) is 5.57 Å². The minimum absolute atomic E-state index is 0.149. The van der Waals surface area contributed by atoms with Gasteiger partial charge in [0.25, 0.3) is 0 Å². The van der Waals surface area contributed by atoms with E-state index in [1.807, 2.05) is 20.8 Å². The molecule has 3 fully saturated rings. The summed E-state index contributed by atoms with van der Waals surface area (Å²) in [5, 5.41) is 30.7. The fourth-order valence-electron chi connectivity index (χ4n) is 6.91. The Hall–Kier alpha value is -0.900. The SMILES string of the molecule is C=C1/C(=C\C=C2/CCC[C@]3(C)[C@@H](C(C)CCCC(C)(C)O)CC[C@@H]23)C[C@@H](O)[C@@H](C)[C@H]1O. The van der Waals surface area contributed by atoms with Crippen molar-refractivity contribution in [1.29, 1.82) is 0 Å². The zero-order valence-electron chi connectivity index (χ0n) is 20.5. The average Bonchev–Trinajstić information content (AvgIpc) is 3.04. The van der Waals surface area contributed by atoms with Crippen LogP contribution in [-0.2, 0) is 0 Å². The van der Waals surface area contributed by atoms with Gasteiger partial charge in [-0.15, -0.1) is 0 Å². The molecule has 0 aromatic carbocycles. The Balaban J connectivity index is 1.71. The lowest BCUT2D eigenvalue weighted by Crippen LogP contribution is -2.36. The van der Waals surface area contributed by atoms with Crippen LogP contribution in [0.4, 0.5) is 0 Å². The molecule has 176 valence electrons. The molecule has 0 aromatic heterocycles. The highest BCUT2D eigenvalue weighted by atomic mass is 16.3. The highest BCUT2D eigenvalue weighted by Gasteiger charge is 2.50. The van der Waals surface area contributed by atoms with E-state index in [0.29, 0.717) is 23.7 Å². The molecular weight excluding hydrogens is 384 g/mol. The second kappa shape index (κ2) is 9.53. The summed E-state index contributed by atoms with van der Waals surface area (Å²) in [5.74, 6) is 1.94. The molecule has 0 spiro atoms. The van der Waals surface area contributed by atoms with Crippen molar-refractivity contribution in [3.63, 3.8) is 0 Å². The summed E-state index contributed by atoms with van der Waals surface area (Å²) in [6.07, 6.45) is 13.4. The van der Waals surface area contributed by atoms with Crippen LogP contribution < -0.4 is 0 Å². The number of rotatable bonds is 6. The van der Waals surface area contributed by atoms with Crippen molar-refractivity contribution in [3.05, 3.63) is 35.5 Å². The highest BCUT2D eigenvalue weighted by Crippen LogP contribution is 2.60. The van der Waals surface area contributed by atoms with Gasteiger partial charge in [0.2, 0.25) is 0 Å². The largest absolute Gasteiger partial charge is 0.392 e. The van der Waals surface area contributed by atoms with Gasteiger partial charge < -0.3 is 15.3 Å². The summed E-state index contributed by atoms with van der Waals surface area (Å²) in [7, 11) is 0. The standard InChI is InChI=1S/C28H46O3/c1-18(9-7-15-27(4,5)31)23-13-14-24-21(10-8-16-28(23,24)6)11-12-22-17-25(29)20(3)26(30)19(22)2/h11-12,18,20,23-26,29-31H,2,7-10,13-17H2,1,3-6H3/b21-11+,22-12-/t18?,20-,23-,24+,25-,26+,28-/m1/s1. The minimum atomic E-state index is -0.648. The van der Waals surface area contributed by atoms with Gasteiger partial charge in [-0.1, -0.05) is 57.9 Å². The maximum atomic E-state index is 10.4. The molecule has 3 N–H and O–H groups in total. The number of hydrogen-bond acceptors (Lipinski definition) is 3. The molecular formula is C28H46O3. The van der Waals surface area contributed by atoms with E-state index in [9.17, 15) is 15.3 Å². The summed E-state index contributed by atoms with van der Waals surface area (Å²) in [6, 6.07) is 0. The van der Waals surface area contributed by atoms with Gasteiger partial charge in [0.1, 0.15) is 0 Å². The van der Waals surface area contributed by atoms with E-state index in [2.05, 4.69) is 32.6 Å². The third-order valence-electron chi connectivity index (χ3n) is 8.97. The fourth-order valence-corrected chi connectivity index (χ4v) is 6.91. The van der Waals surface area contributed by atoms with Crippen LogP contribution in [0.5, 0.6) is 0 Å². The van der Waals surface area contributed by atoms with Gasteiger partial charge in [-0.25, -0.2) is 0 Å². The Morgan fingerprint density at radius 2 is 1.94 bits per heavy atom.